The molecule has 2 heterocycles. The molecule has 1 aromatic rings. The third-order valence-electron chi connectivity index (χ3n) is 5.77. The number of benzene rings is 1. The predicted molar refractivity (Wildman–Crippen MR) is 119 cm³/mol. The fourth-order valence-corrected chi connectivity index (χ4v) is 5.36. The molecule has 0 bridgehead atoms. The smallest absolute Gasteiger partial charge is 0.325 e. The number of imide groups is 1. The Bertz CT molecular complexity index is 838. The van der Waals surface area contributed by atoms with Gasteiger partial charge >= 0.3 is 6.03 Å². The largest absolute Gasteiger partial charge is 0.327 e. The van der Waals surface area contributed by atoms with Crippen LogP contribution in [0.25, 0.3) is 0 Å². The molecule has 2 aliphatic heterocycles. The highest BCUT2D eigenvalue weighted by molar-refractivity contribution is 8.00. The van der Waals surface area contributed by atoms with Gasteiger partial charge in [0.15, 0.2) is 0 Å². The van der Waals surface area contributed by atoms with Crippen molar-refractivity contribution >= 4 is 35.3 Å². The minimum Gasteiger partial charge on any atom is -0.325 e. The van der Waals surface area contributed by atoms with Gasteiger partial charge in [-0.25, -0.2) is 4.79 Å². The third kappa shape index (κ3) is 4.33. The summed E-state index contributed by atoms with van der Waals surface area (Å²) in [7, 11) is 3.20. The molecule has 4 amide bonds. The van der Waals surface area contributed by atoms with Crippen molar-refractivity contribution in [2.75, 3.05) is 25.2 Å². The molecule has 164 valence electrons. The third-order valence-corrected chi connectivity index (χ3v) is 6.99. The normalized spacial score (nSPS) is 26.6. The molecule has 2 saturated heterocycles. The Kier molecular flexibility index (Phi) is 6.74. The first-order valence-corrected chi connectivity index (χ1v) is 11.2. The lowest BCUT2D eigenvalue weighted by atomic mass is 9.97. The number of hydrogen-bond acceptors (Lipinski definition) is 6. The average molecular weight is 434 g/mol. The Labute approximate surface area is 182 Å². The highest BCUT2D eigenvalue weighted by Crippen LogP contribution is 2.32. The van der Waals surface area contributed by atoms with Crippen LogP contribution in [-0.4, -0.2) is 65.2 Å². The standard InChI is InChI=1S/C21H31N5O3S/c1-7-14-22-18-16(20(28)26(6)21(29)25(18)5)19(23-14)30-10-15(27)24-17-12(3)8-11(2)9-13(17)4/h8-9,14,16,18-19,22-23H,7,10H2,1-6H3,(H,24,27). The van der Waals surface area contributed by atoms with E-state index >= 15 is 0 Å². The van der Waals surface area contributed by atoms with Gasteiger partial charge in [-0.1, -0.05) is 24.6 Å². The zero-order chi connectivity index (χ0) is 22.2. The van der Waals surface area contributed by atoms with Gasteiger partial charge in [-0.2, -0.15) is 0 Å². The van der Waals surface area contributed by atoms with Crippen LogP contribution < -0.4 is 16.0 Å². The van der Waals surface area contributed by atoms with Crippen molar-refractivity contribution in [3.05, 3.63) is 28.8 Å². The van der Waals surface area contributed by atoms with Gasteiger partial charge in [0.2, 0.25) is 11.8 Å². The molecule has 0 spiro atoms. The zero-order valence-corrected chi connectivity index (χ0v) is 19.2. The summed E-state index contributed by atoms with van der Waals surface area (Å²) in [6.45, 7) is 8.03. The van der Waals surface area contributed by atoms with Crippen LogP contribution in [0.4, 0.5) is 10.5 Å². The van der Waals surface area contributed by atoms with E-state index in [2.05, 4.69) is 16.0 Å². The molecular formula is C21H31N5O3S. The van der Waals surface area contributed by atoms with E-state index in [4.69, 9.17) is 0 Å². The first-order chi connectivity index (χ1) is 14.1. The van der Waals surface area contributed by atoms with E-state index in [0.717, 1.165) is 33.7 Å². The average Bonchev–Trinajstić information content (AvgIpc) is 2.70. The number of carbonyl (C=O) groups is 3. The molecule has 8 nitrogen and oxygen atoms in total. The molecule has 9 heteroatoms. The van der Waals surface area contributed by atoms with Gasteiger partial charge in [0.25, 0.3) is 0 Å². The Hall–Kier alpha value is -2.10. The number of urea groups is 1. The van der Waals surface area contributed by atoms with Crippen LogP contribution in [0, 0.1) is 26.7 Å². The van der Waals surface area contributed by atoms with Gasteiger partial charge in [0, 0.05) is 19.8 Å². The van der Waals surface area contributed by atoms with Crippen LogP contribution in [0.15, 0.2) is 12.1 Å². The molecule has 30 heavy (non-hydrogen) atoms. The lowest BCUT2D eigenvalue weighted by Crippen LogP contribution is -2.74. The van der Waals surface area contributed by atoms with Crippen molar-refractivity contribution < 1.29 is 14.4 Å². The number of nitrogens with zero attached hydrogens (tertiary/aromatic N) is 2. The molecule has 0 aromatic heterocycles. The van der Waals surface area contributed by atoms with Crippen LogP contribution in [0.2, 0.25) is 0 Å². The number of fused-ring (bicyclic) bond motifs is 1. The van der Waals surface area contributed by atoms with E-state index in [1.54, 1.807) is 11.9 Å². The summed E-state index contributed by atoms with van der Waals surface area (Å²) < 4.78 is 0. The van der Waals surface area contributed by atoms with E-state index in [-0.39, 0.29) is 35.1 Å². The fraction of sp³-hybridized carbons (Fsp3) is 0.571. The lowest BCUT2D eigenvalue weighted by Gasteiger charge is -2.50. The first-order valence-electron chi connectivity index (χ1n) is 10.2. The molecular weight excluding hydrogens is 402 g/mol. The summed E-state index contributed by atoms with van der Waals surface area (Å²) in [4.78, 5) is 40.6. The van der Waals surface area contributed by atoms with Crippen LogP contribution >= 0.6 is 11.8 Å². The topological polar surface area (TPSA) is 93.8 Å². The molecule has 0 saturated carbocycles. The Morgan fingerprint density at radius 3 is 2.37 bits per heavy atom. The second kappa shape index (κ2) is 8.95. The summed E-state index contributed by atoms with van der Waals surface area (Å²) >= 11 is 1.40. The second-order valence-corrected chi connectivity index (χ2v) is 9.24. The van der Waals surface area contributed by atoms with Crippen molar-refractivity contribution in [1.29, 1.82) is 0 Å². The van der Waals surface area contributed by atoms with Crippen molar-refractivity contribution in [3.8, 4) is 0 Å². The van der Waals surface area contributed by atoms with Crippen LogP contribution in [0.1, 0.15) is 30.0 Å². The van der Waals surface area contributed by atoms with Crippen molar-refractivity contribution in [2.24, 2.45) is 5.92 Å². The Morgan fingerprint density at radius 2 is 1.77 bits per heavy atom. The molecule has 3 N–H and O–H groups in total. The molecule has 3 rings (SSSR count). The molecule has 4 atom stereocenters. The molecule has 2 fully saturated rings. The van der Waals surface area contributed by atoms with Crippen molar-refractivity contribution in [2.45, 2.75) is 51.8 Å². The number of anilines is 1. The maximum absolute atomic E-state index is 12.9. The van der Waals surface area contributed by atoms with Crippen LogP contribution in [-0.2, 0) is 9.59 Å². The summed E-state index contributed by atoms with van der Waals surface area (Å²) in [5, 5.41) is 9.51. The summed E-state index contributed by atoms with van der Waals surface area (Å²) in [5.74, 6) is -0.610. The number of hydrogen-bond donors (Lipinski definition) is 3. The molecule has 0 radical (unpaired) electrons. The number of nitrogens with one attached hydrogen (secondary N) is 3. The quantitative estimate of drug-likeness (QED) is 0.658. The van der Waals surface area contributed by atoms with Gasteiger partial charge in [0.05, 0.1) is 29.4 Å². The number of amides is 4. The second-order valence-electron chi connectivity index (χ2n) is 8.11. The molecule has 0 aliphatic carbocycles. The van der Waals surface area contributed by atoms with E-state index in [1.165, 1.54) is 18.8 Å². The van der Waals surface area contributed by atoms with Crippen molar-refractivity contribution in [1.82, 2.24) is 20.4 Å². The number of thioether (sulfide) groups is 1. The lowest BCUT2D eigenvalue weighted by molar-refractivity contribution is -0.140. The van der Waals surface area contributed by atoms with E-state index in [9.17, 15) is 14.4 Å². The Morgan fingerprint density at radius 1 is 1.13 bits per heavy atom. The van der Waals surface area contributed by atoms with Gasteiger partial charge in [-0.3, -0.25) is 25.1 Å². The number of rotatable bonds is 5. The van der Waals surface area contributed by atoms with Crippen LogP contribution in [0.3, 0.4) is 0 Å². The zero-order valence-electron chi connectivity index (χ0n) is 18.4. The van der Waals surface area contributed by atoms with Gasteiger partial charge in [-0.05, 0) is 38.3 Å². The SMILES string of the molecule is CCC1NC(SCC(=O)Nc2c(C)cc(C)cc2C)C2C(=O)N(C)C(=O)N(C)C2N1. The van der Waals surface area contributed by atoms with Gasteiger partial charge < -0.3 is 10.2 Å². The minimum atomic E-state index is -0.471. The maximum Gasteiger partial charge on any atom is 0.327 e. The predicted octanol–water partition coefficient (Wildman–Crippen LogP) is 2.00. The van der Waals surface area contributed by atoms with E-state index in [0.29, 0.717) is 0 Å². The van der Waals surface area contributed by atoms with Gasteiger partial charge in [0.1, 0.15) is 0 Å². The van der Waals surface area contributed by atoms with Crippen LogP contribution in [0.5, 0.6) is 0 Å². The molecule has 4 unspecified atom stereocenters. The van der Waals surface area contributed by atoms with Crippen molar-refractivity contribution in [3.63, 3.8) is 0 Å². The number of carbonyl (C=O) groups excluding carboxylic acids is 3. The fourth-order valence-electron chi connectivity index (χ4n) is 4.22. The monoisotopic (exact) mass is 433 g/mol. The summed E-state index contributed by atoms with van der Waals surface area (Å²) in [6.07, 6.45) is 0.356. The van der Waals surface area contributed by atoms with E-state index in [1.807, 2.05) is 39.8 Å². The first kappa shape index (κ1) is 22.6. The summed E-state index contributed by atoms with van der Waals surface area (Å²) in [6, 6.07) is 3.77. The highest BCUT2D eigenvalue weighted by atomic mass is 32.2. The maximum atomic E-state index is 12.9. The highest BCUT2D eigenvalue weighted by Gasteiger charge is 2.50. The summed E-state index contributed by atoms with van der Waals surface area (Å²) in [5.41, 5.74) is 4.06. The number of aryl methyl sites for hydroxylation is 3. The molecule has 2 aliphatic rings. The van der Waals surface area contributed by atoms with Gasteiger partial charge in [-0.15, -0.1) is 11.8 Å². The Balaban J connectivity index is 1.72. The van der Waals surface area contributed by atoms with E-state index < -0.39 is 12.1 Å². The minimum absolute atomic E-state index is 0.0418. The molecule has 1 aromatic carbocycles.